The van der Waals surface area contributed by atoms with Gasteiger partial charge in [-0.25, -0.2) is 4.39 Å². The van der Waals surface area contributed by atoms with Crippen molar-refractivity contribution in [1.29, 1.82) is 0 Å². The summed E-state index contributed by atoms with van der Waals surface area (Å²) in [6.45, 7) is 1.87. The molecule has 0 fully saturated rings. The van der Waals surface area contributed by atoms with E-state index in [9.17, 15) is 9.18 Å². The fourth-order valence-corrected chi connectivity index (χ4v) is 2.83. The fraction of sp³-hybridized carbons (Fsp3) is 0.211. The minimum atomic E-state index is -0.328. The number of methoxy groups -OCH3 is 2. The Balaban J connectivity index is 1.84. The minimum Gasteiger partial charge on any atom is -0.497 e. The van der Waals surface area contributed by atoms with Crippen molar-refractivity contribution in [2.45, 2.75) is 13.3 Å². The number of halogens is 1. The van der Waals surface area contributed by atoms with Crippen LogP contribution in [-0.4, -0.2) is 25.1 Å². The van der Waals surface area contributed by atoms with Crippen LogP contribution in [0.3, 0.4) is 0 Å². The molecule has 0 unspecified atom stereocenters. The second-order valence-corrected chi connectivity index (χ2v) is 5.74. The van der Waals surface area contributed by atoms with Gasteiger partial charge in [0.2, 0.25) is 5.91 Å². The summed E-state index contributed by atoms with van der Waals surface area (Å²) in [5.74, 6) is 0.634. The second kappa shape index (κ2) is 6.84. The molecule has 3 rings (SSSR count). The van der Waals surface area contributed by atoms with Crippen molar-refractivity contribution in [3.05, 3.63) is 53.5 Å². The molecule has 2 N–H and O–H groups in total. The first-order chi connectivity index (χ1) is 12.0. The van der Waals surface area contributed by atoms with Gasteiger partial charge in [0.25, 0.3) is 0 Å². The monoisotopic (exact) mass is 342 g/mol. The topological polar surface area (TPSA) is 63.3 Å². The third-order valence-electron chi connectivity index (χ3n) is 4.05. The van der Waals surface area contributed by atoms with Crippen LogP contribution in [-0.2, 0) is 11.2 Å². The van der Waals surface area contributed by atoms with Gasteiger partial charge >= 0.3 is 0 Å². The number of aromatic amines is 1. The molecule has 2 aromatic carbocycles. The number of benzene rings is 2. The Bertz CT molecular complexity index is 912. The molecule has 130 valence electrons. The maximum atomic E-state index is 13.5. The van der Waals surface area contributed by atoms with Crippen molar-refractivity contribution in [3.63, 3.8) is 0 Å². The highest BCUT2D eigenvalue weighted by molar-refractivity contribution is 5.96. The zero-order valence-corrected chi connectivity index (χ0v) is 14.3. The molecule has 5 nitrogen and oxygen atoms in total. The molecule has 0 saturated carbocycles. The number of ether oxygens (including phenoxy) is 2. The third-order valence-corrected chi connectivity index (χ3v) is 4.05. The lowest BCUT2D eigenvalue weighted by Gasteiger charge is -2.10. The van der Waals surface area contributed by atoms with E-state index in [1.807, 2.05) is 6.92 Å². The molecular formula is C19H19FN2O3. The second-order valence-electron chi connectivity index (χ2n) is 5.74. The summed E-state index contributed by atoms with van der Waals surface area (Å²) in [5.41, 5.74) is 3.01. The third kappa shape index (κ3) is 3.57. The maximum absolute atomic E-state index is 13.5. The van der Waals surface area contributed by atoms with Crippen LogP contribution in [0.2, 0.25) is 0 Å². The van der Waals surface area contributed by atoms with Gasteiger partial charge in [0.1, 0.15) is 17.3 Å². The first-order valence-electron chi connectivity index (χ1n) is 7.80. The highest BCUT2D eigenvalue weighted by Crippen LogP contribution is 2.27. The summed E-state index contributed by atoms with van der Waals surface area (Å²) in [4.78, 5) is 15.6. The number of hydrogen-bond acceptors (Lipinski definition) is 3. The number of anilines is 1. The predicted molar refractivity (Wildman–Crippen MR) is 94.9 cm³/mol. The Labute approximate surface area is 144 Å². The zero-order chi connectivity index (χ0) is 18.0. The van der Waals surface area contributed by atoms with Gasteiger partial charge in [-0.2, -0.15) is 0 Å². The fourth-order valence-electron chi connectivity index (χ4n) is 2.83. The van der Waals surface area contributed by atoms with Crippen LogP contribution in [0.5, 0.6) is 11.5 Å². The van der Waals surface area contributed by atoms with Crippen LogP contribution in [0.15, 0.2) is 36.4 Å². The van der Waals surface area contributed by atoms with Gasteiger partial charge < -0.3 is 19.8 Å². The van der Waals surface area contributed by atoms with Crippen LogP contribution < -0.4 is 14.8 Å². The maximum Gasteiger partial charge on any atom is 0.228 e. The summed E-state index contributed by atoms with van der Waals surface area (Å²) in [6, 6.07) is 9.65. The van der Waals surface area contributed by atoms with Crippen LogP contribution in [0.4, 0.5) is 10.1 Å². The summed E-state index contributed by atoms with van der Waals surface area (Å²) in [5, 5.41) is 3.55. The van der Waals surface area contributed by atoms with Crippen LogP contribution in [0, 0.1) is 12.7 Å². The van der Waals surface area contributed by atoms with E-state index in [4.69, 9.17) is 9.47 Å². The number of amides is 1. The highest BCUT2D eigenvalue weighted by Gasteiger charge is 2.14. The lowest BCUT2D eigenvalue weighted by molar-refractivity contribution is -0.115. The molecule has 0 bridgehead atoms. The Morgan fingerprint density at radius 1 is 1.12 bits per heavy atom. The average molecular weight is 342 g/mol. The van der Waals surface area contributed by atoms with Gasteiger partial charge in [-0.05, 0) is 30.7 Å². The molecule has 3 aromatic rings. The van der Waals surface area contributed by atoms with Crippen LogP contribution >= 0.6 is 0 Å². The van der Waals surface area contributed by atoms with E-state index in [0.29, 0.717) is 17.2 Å². The Kier molecular flexibility index (Phi) is 4.61. The van der Waals surface area contributed by atoms with E-state index in [2.05, 4.69) is 10.3 Å². The smallest absolute Gasteiger partial charge is 0.228 e. The number of nitrogens with one attached hydrogen (secondary N) is 2. The molecule has 0 spiro atoms. The molecule has 0 saturated heterocycles. The number of rotatable bonds is 5. The van der Waals surface area contributed by atoms with Crippen LogP contribution in [0.1, 0.15) is 11.3 Å². The average Bonchev–Trinajstić information content (AvgIpc) is 2.89. The van der Waals surface area contributed by atoms with E-state index in [1.54, 1.807) is 38.5 Å². The molecule has 1 heterocycles. The molecule has 0 aliphatic heterocycles. The Morgan fingerprint density at radius 3 is 2.44 bits per heavy atom. The Hall–Kier alpha value is -3.02. The molecule has 0 aliphatic rings. The molecule has 0 atom stereocenters. The molecule has 1 aromatic heterocycles. The first-order valence-corrected chi connectivity index (χ1v) is 7.80. The predicted octanol–water partition coefficient (Wildman–Crippen LogP) is 3.81. The standard InChI is InChI=1S/C19H19FN2O3/c1-11-16(17-6-12(20)4-5-18(17)21-11)10-19(23)22-13-7-14(24-2)9-15(8-13)25-3/h4-9,21H,10H2,1-3H3,(H,22,23). The Morgan fingerprint density at radius 2 is 1.80 bits per heavy atom. The number of hydrogen-bond donors (Lipinski definition) is 2. The molecule has 1 amide bonds. The number of carbonyl (C=O) groups is 1. The summed E-state index contributed by atoms with van der Waals surface area (Å²) < 4.78 is 23.9. The number of aromatic nitrogens is 1. The lowest BCUT2D eigenvalue weighted by atomic mass is 10.1. The van der Waals surface area contributed by atoms with Gasteiger partial charge in [0.15, 0.2) is 0 Å². The van der Waals surface area contributed by atoms with Crippen LogP contribution in [0.25, 0.3) is 10.9 Å². The van der Waals surface area contributed by atoms with Crippen molar-refractivity contribution < 1.29 is 18.7 Å². The van der Waals surface area contributed by atoms with E-state index in [0.717, 1.165) is 22.2 Å². The summed E-state index contributed by atoms with van der Waals surface area (Å²) in [7, 11) is 3.09. The number of fused-ring (bicyclic) bond motifs is 1. The van der Waals surface area contributed by atoms with E-state index < -0.39 is 0 Å². The largest absolute Gasteiger partial charge is 0.497 e. The van der Waals surface area contributed by atoms with Gasteiger partial charge in [0.05, 0.1) is 20.6 Å². The van der Waals surface area contributed by atoms with Gasteiger partial charge in [-0.1, -0.05) is 0 Å². The number of H-pyrrole nitrogens is 1. The molecule has 0 radical (unpaired) electrons. The minimum absolute atomic E-state index is 0.134. The molecule has 0 aliphatic carbocycles. The summed E-state index contributed by atoms with van der Waals surface area (Å²) in [6.07, 6.45) is 0.134. The van der Waals surface area contributed by atoms with Crippen molar-refractivity contribution in [3.8, 4) is 11.5 Å². The van der Waals surface area contributed by atoms with Crippen molar-refractivity contribution in [1.82, 2.24) is 4.98 Å². The van der Waals surface area contributed by atoms with Gasteiger partial charge in [-0.3, -0.25) is 4.79 Å². The van der Waals surface area contributed by atoms with Crippen molar-refractivity contribution >= 4 is 22.5 Å². The van der Waals surface area contributed by atoms with Gasteiger partial charge in [0, 0.05) is 40.5 Å². The van der Waals surface area contributed by atoms with E-state index >= 15 is 0 Å². The molecule has 25 heavy (non-hydrogen) atoms. The van der Waals surface area contributed by atoms with E-state index in [1.165, 1.54) is 12.1 Å². The van der Waals surface area contributed by atoms with Crippen molar-refractivity contribution in [2.24, 2.45) is 0 Å². The molecular weight excluding hydrogens is 323 g/mol. The SMILES string of the molecule is COc1cc(NC(=O)Cc2c(C)[nH]c3ccc(F)cc23)cc(OC)c1. The van der Waals surface area contributed by atoms with Gasteiger partial charge in [-0.15, -0.1) is 0 Å². The normalized spacial score (nSPS) is 10.7. The highest BCUT2D eigenvalue weighted by atomic mass is 19.1. The summed E-state index contributed by atoms with van der Waals surface area (Å²) >= 11 is 0. The number of carbonyl (C=O) groups excluding carboxylic acids is 1. The number of aryl methyl sites for hydroxylation is 1. The zero-order valence-electron chi connectivity index (χ0n) is 14.3. The lowest BCUT2D eigenvalue weighted by Crippen LogP contribution is -2.15. The van der Waals surface area contributed by atoms with Crippen molar-refractivity contribution in [2.75, 3.05) is 19.5 Å². The van der Waals surface area contributed by atoms with E-state index in [-0.39, 0.29) is 18.1 Å². The quantitative estimate of drug-likeness (QED) is 0.741. The first kappa shape index (κ1) is 16.8. The molecule has 6 heteroatoms.